The van der Waals surface area contributed by atoms with Crippen LogP contribution >= 0.6 is 0 Å². The molecule has 0 aliphatic rings. The molecule has 0 aliphatic heterocycles. The minimum atomic E-state index is -0.417. The number of carbonyl (C=O) groups excluding carboxylic acids is 1. The van der Waals surface area contributed by atoms with Crippen LogP contribution in [0.25, 0.3) is 10.9 Å². The van der Waals surface area contributed by atoms with Gasteiger partial charge < -0.3 is 17.2 Å². The van der Waals surface area contributed by atoms with Gasteiger partial charge in [0.25, 0.3) is 0 Å². The van der Waals surface area contributed by atoms with Crippen LogP contribution < -0.4 is 17.2 Å². The minimum absolute atomic E-state index is 0. The normalized spacial score (nSPS) is 9.92. The topological polar surface area (TPSA) is 121 Å². The Morgan fingerprint density at radius 3 is 2.28 bits per heavy atom. The summed E-state index contributed by atoms with van der Waals surface area (Å²) in [5.41, 5.74) is 20.2. The van der Waals surface area contributed by atoms with E-state index in [1.54, 1.807) is 6.07 Å². The number of anilines is 2. The quantitative estimate of drug-likeness (QED) is 0.559. The van der Waals surface area contributed by atoms with E-state index in [9.17, 15) is 4.79 Å². The van der Waals surface area contributed by atoms with Gasteiger partial charge in [-0.15, -0.1) is 0 Å². The first-order valence-corrected chi connectivity index (χ1v) is 7.23. The molecule has 120 valence electrons. The number of primary amides is 1. The summed E-state index contributed by atoms with van der Waals surface area (Å²) in [6, 6.07) is 13.2. The maximum atomic E-state index is 11.2. The van der Waals surface area contributed by atoms with Gasteiger partial charge in [-0.1, -0.05) is 18.2 Å². The fraction of sp³-hybridized carbons (Fsp3) is 0.118. The molecule has 1 amide bonds. The van der Waals surface area contributed by atoms with Crippen LogP contribution in [0.2, 0.25) is 0 Å². The number of nitrogen functional groups attached to an aromatic ring is 2. The van der Waals surface area contributed by atoms with E-state index in [2.05, 4.69) is 9.97 Å². The van der Waals surface area contributed by atoms with Crippen molar-refractivity contribution in [1.29, 1.82) is 0 Å². The van der Waals surface area contributed by atoms with Crippen LogP contribution in [0.1, 0.15) is 21.5 Å². The molecule has 6 N–H and O–H groups in total. The van der Waals surface area contributed by atoms with E-state index in [1.807, 2.05) is 36.4 Å². The summed E-state index contributed by atoms with van der Waals surface area (Å²) in [5, 5.41) is 0.794. The summed E-state index contributed by atoms with van der Waals surface area (Å²) in [7, 11) is 0. The predicted molar refractivity (Wildman–Crippen MR) is 105 cm³/mol. The van der Waals surface area contributed by atoms with Gasteiger partial charge in [-0.05, 0) is 48.2 Å². The second-order valence-electron chi connectivity index (χ2n) is 5.38. The Hall–Kier alpha value is 0.123. The molecular weight excluding hydrogens is 368 g/mol. The van der Waals surface area contributed by atoms with Crippen molar-refractivity contribution < 1.29 is 4.79 Å². The van der Waals surface area contributed by atoms with Gasteiger partial charge in [-0.2, -0.15) is 4.98 Å². The summed E-state index contributed by atoms with van der Waals surface area (Å²) >= 11 is 0. The summed E-state index contributed by atoms with van der Waals surface area (Å²) < 4.78 is 0. The third-order valence-electron chi connectivity index (χ3n) is 3.72. The van der Waals surface area contributed by atoms with Crippen LogP contribution in [-0.4, -0.2) is 119 Å². The van der Waals surface area contributed by atoms with Crippen molar-refractivity contribution in [1.82, 2.24) is 9.97 Å². The van der Waals surface area contributed by atoms with Crippen molar-refractivity contribution in [3.8, 4) is 0 Å². The molecule has 0 aliphatic carbocycles. The number of hydrogen-bond acceptors (Lipinski definition) is 5. The number of hydrogen-bond donors (Lipinski definition) is 3. The Morgan fingerprint density at radius 2 is 1.60 bits per heavy atom. The average Bonchev–Trinajstić information content (AvgIpc) is 2.53. The Kier molecular flexibility index (Phi) is 9.69. The number of amides is 1. The molecule has 2 aromatic carbocycles. The summed E-state index contributed by atoms with van der Waals surface area (Å²) in [6.07, 6.45) is 1.60. The summed E-state index contributed by atoms with van der Waals surface area (Å²) in [4.78, 5) is 19.4. The molecule has 0 saturated heterocycles. The molecule has 0 unspecified atom stereocenters. The standard InChI is InChI=1S/C17H17N5O.2K.2H/c18-15-13-9-11(6-7-14(13)21-17(20)22-15)5-4-10-2-1-3-12(8-10)16(19)23;;;;/h1-3,6-9H,4-5H2,(H2,19,23)(H4,18,20,21,22);;;;. The monoisotopic (exact) mass is 387 g/mol. The molecule has 0 fully saturated rings. The Bertz CT molecular complexity index is 901. The Morgan fingerprint density at radius 1 is 0.920 bits per heavy atom. The van der Waals surface area contributed by atoms with Crippen LogP contribution in [0, 0.1) is 0 Å². The van der Waals surface area contributed by atoms with E-state index >= 15 is 0 Å². The van der Waals surface area contributed by atoms with E-state index in [1.165, 1.54) is 0 Å². The molecule has 3 rings (SSSR count). The van der Waals surface area contributed by atoms with E-state index in [0.717, 1.165) is 34.9 Å². The van der Waals surface area contributed by atoms with Crippen molar-refractivity contribution >= 4 is 131 Å². The molecule has 0 saturated carbocycles. The first-order valence-electron chi connectivity index (χ1n) is 7.23. The number of aromatic nitrogens is 2. The molecule has 0 bridgehead atoms. The van der Waals surface area contributed by atoms with E-state index < -0.39 is 5.91 Å². The number of carbonyl (C=O) groups is 1. The summed E-state index contributed by atoms with van der Waals surface area (Å²) in [5.74, 6) is 0.135. The van der Waals surface area contributed by atoms with Gasteiger partial charge in [-0.25, -0.2) is 4.98 Å². The van der Waals surface area contributed by atoms with Crippen LogP contribution in [0.3, 0.4) is 0 Å². The first-order chi connectivity index (χ1) is 11.0. The Labute approximate surface area is 231 Å². The second-order valence-corrected chi connectivity index (χ2v) is 5.38. The molecule has 25 heavy (non-hydrogen) atoms. The summed E-state index contributed by atoms with van der Waals surface area (Å²) in [6.45, 7) is 0. The number of nitrogens with two attached hydrogens (primary N) is 3. The number of benzene rings is 2. The molecule has 6 nitrogen and oxygen atoms in total. The maximum absolute atomic E-state index is 11.2. The van der Waals surface area contributed by atoms with Crippen molar-refractivity contribution in [3.05, 3.63) is 59.2 Å². The first kappa shape index (κ1) is 23.2. The van der Waals surface area contributed by atoms with Crippen molar-refractivity contribution in [2.45, 2.75) is 12.8 Å². The van der Waals surface area contributed by atoms with Crippen LogP contribution in [0.5, 0.6) is 0 Å². The number of aryl methyl sites for hydroxylation is 2. The van der Waals surface area contributed by atoms with Crippen molar-refractivity contribution in [3.63, 3.8) is 0 Å². The van der Waals surface area contributed by atoms with E-state index in [-0.39, 0.29) is 109 Å². The van der Waals surface area contributed by atoms with Crippen molar-refractivity contribution in [2.75, 3.05) is 11.5 Å². The zero-order valence-electron chi connectivity index (χ0n) is 12.5. The Balaban J connectivity index is 0.00000156. The van der Waals surface area contributed by atoms with E-state index in [0.29, 0.717) is 11.4 Å². The number of nitrogens with zero attached hydrogens (tertiary/aromatic N) is 2. The molecule has 1 heterocycles. The zero-order chi connectivity index (χ0) is 16.4. The van der Waals surface area contributed by atoms with Gasteiger partial charge in [0.15, 0.2) is 0 Å². The van der Waals surface area contributed by atoms with Crippen LogP contribution in [-0.2, 0) is 12.8 Å². The van der Waals surface area contributed by atoms with Gasteiger partial charge in [-0.3, -0.25) is 4.79 Å². The average molecular weight is 388 g/mol. The molecule has 0 radical (unpaired) electrons. The second kappa shape index (κ2) is 10.5. The van der Waals surface area contributed by atoms with Crippen LogP contribution in [0.15, 0.2) is 42.5 Å². The fourth-order valence-corrected chi connectivity index (χ4v) is 2.54. The van der Waals surface area contributed by atoms with Gasteiger partial charge in [0.2, 0.25) is 11.9 Å². The molecule has 0 spiro atoms. The molecular formula is C17H19K2N5O. The predicted octanol–water partition coefficient (Wildman–Crippen LogP) is 0.381. The molecule has 3 aromatic rings. The van der Waals surface area contributed by atoms with Gasteiger partial charge in [0, 0.05) is 10.9 Å². The third-order valence-corrected chi connectivity index (χ3v) is 3.72. The SMILES string of the molecule is NC(=O)c1cccc(CCc2ccc3nc(N)nc(N)c3c2)c1.[KH].[KH]. The number of rotatable bonds is 4. The van der Waals surface area contributed by atoms with Crippen molar-refractivity contribution in [2.24, 2.45) is 5.73 Å². The van der Waals surface area contributed by atoms with E-state index in [4.69, 9.17) is 17.2 Å². The molecule has 8 heteroatoms. The van der Waals surface area contributed by atoms with Crippen LogP contribution in [0.4, 0.5) is 11.8 Å². The fourth-order valence-electron chi connectivity index (χ4n) is 2.54. The molecule has 0 atom stereocenters. The zero-order valence-corrected chi connectivity index (χ0v) is 12.5. The molecule has 1 aromatic heterocycles. The van der Waals surface area contributed by atoms with Gasteiger partial charge in [0.1, 0.15) is 5.82 Å². The third kappa shape index (κ3) is 6.06. The van der Waals surface area contributed by atoms with Gasteiger partial charge in [0.05, 0.1) is 5.52 Å². The number of fused-ring (bicyclic) bond motifs is 1. The van der Waals surface area contributed by atoms with Gasteiger partial charge >= 0.3 is 103 Å².